The molecule has 4 nitrogen and oxygen atoms in total. The van der Waals surface area contributed by atoms with Crippen molar-refractivity contribution >= 4 is 46.3 Å². The van der Waals surface area contributed by atoms with Gasteiger partial charge in [0.1, 0.15) is 11.2 Å². The molecule has 3 aromatic rings. The molecule has 2 aliphatic rings. The summed E-state index contributed by atoms with van der Waals surface area (Å²) in [5, 5.41) is 6.78. The first-order chi connectivity index (χ1) is 15.3. The highest BCUT2D eigenvalue weighted by atomic mass is 35.5. The van der Waals surface area contributed by atoms with Gasteiger partial charge in [-0.2, -0.15) is 0 Å². The van der Waals surface area contributed by atoms with Gasteiger partial charge in [0.15, 0.2) is 0 Å². The van der Waals surface area contributed by atoms with Crippen molar-refractivity contribution in [2.24, 2.45) is 0 Å². The van der Waals surface area contributed by atoms with E-state index in [0.29, 0.717) is 38.0 Å². The van der Waals surface area contributed by atoms with E-state index in [1.165, 1.54) is 18.2 Å². The van der Waals surface area contributed by atoms with Gasteiger partial charge in [0.05, 0.1) is 6.04 Å². The van der Waals surface area contributed by atoms with Gasteiger partial charge in [0.25, 0.3) is 0 Å². The number of fused-ring (bicyclic) bond motifs is 2. The molecule has 0 saturated carbocycles. The van der Waals surface area contributed by atoms with Gasteiger partial charge in [-0.3, -0.25) is 9.59 Å². The average molecular weight is 467 g/mol. The molecular weight excluding hydrogens is 450 g/mol. The predicted molar refractivity (Wildman–Crippen MR) is 123 cm³/mol. The van der Waals surface area contributed by atoms with Crippen LogP contribution < -0.4 is 10.6 Å². The fraction of sp³-hybridized carbons (Fsp3) is 0.120. The van der Waals surface area contributed by atoms with Crippen LogP contribution in [-0.4, -0.2) is 11.8 Å². The summed E-state index contributed by atoms with van der Waals surface area (Å²) in [5.41, 5.74) is 2.22. The van der Waals surface area contributed by atoms with Crippen molar-refractivity contribution in [3.63, 3.8) is 0 Å². The quantitative estimate of drug-likeness (QED) is 0.517. The summed E-state index contributed by atoms with van der Waals surface area (Å²) in [6, 6.07) is 15.6. The molecule has 2 aliphatic heterocycles. The first-order valence-corrected chi connectivity index (χ1v) is 10.7. The Hall–Kier alpha value is -3.15. The summed E-state index contributed by atoms with van der Waals surface area (Å²) < 4.78 is 14.3. The standard InChI is InChI=1S/C25H17Cl2FN2O2/c1-13-5-7-17(28)11-18(13)23-25(19-8-6-16(27)10-21(19)29-24(25)32)20(12-22(31)30-23)14-3-2-4-15(26)9-14/h2-12,23H,1H3,(H,29,32)(H,30,31)/t23?,25-/m0/s1. The molecule has 2 heterocycles. The number of anilines is 1. The topological polar surface area (TPSA) is 58.2 Å². The highest BCUT2D eigenvalue weighted by Gasteiger charge is 2.58. The molecule has 0 saturated heterocycles. The second kappa shape index (κ2) is 7.47. The number of carbonyl (C=O) groups is 2. The first kappa shape index (κ1) is 20.7. The van der Waals surface area contributed by atoms with E-state index in [0.717, 1.165) is 5.56 Å². The summed E-state index contributed by atoms with van der Waals surface area (Å²) in [6.07, 6.45) is 1.42. The predicted octanol–water partition coefficient (Wildman–Crippen LogP) is 5.59. The highest BCUT2D eigenvalue weighted by molar-refractivity contribution is 6.32. The van der Waals surface area contributed by atoms with E-state index in [2.05, 4.69) is 10.6 Å². The summed E-state index contributed by atoms with van der Waals surface area (Å²) in [5.74, 6) is -1.17. The van der Waals surface area contributed by atoms with Crippen LogP contribution in [-0.2, 0) is 15.0 Å². The van der Waals surface area contributed by atoms with Gasteiger partial charge in [0.2, 0.25) is 11.8 Å². The molecule has 7 heteroatoms. The smallest absolute Gasteiger partial charge is 0.244 e. The van der Waals surface area contributed by atoms with E-state index in [9.17, 15) is 14.0 Å². The number of halogens is 3. The van der Waals surface area contributed by atoms with Crippen LogP contribution in [0, 0.1) is 12.7 Å². The van der Waals surface area contributed by atoms with Gasteiger partial charge in [-0.15, -0.1) is 0 Å². The Morgan fingerprint density at radius 1 is 0.969 bits per heavy atom. The lowest BCUT2D eigenvalue weighted by Gasteiger charge is -2.42. The van der Waals surface area contributed by atoms with Crippen molar-refractivity contribution in [1.82, 2.24) is 5.32 Å². The van der Waals surface area contributed by atoms with Crippen molar-refractivity contribution in [1.29, 1.82) is 0 Å². The summed E-state index contributed by atoms with van der Waals surface area (Å²) >= 11 is 12.4. The lowest BCUT2D eigenvalue weighted by molar-refractivity contribution is -0.122. The van der Waals surface area contributed by atoms with Crippen molar-refractivity contribution in [3.05, 3.63) is 105 Å². The highest BCUT2D eigenvalue weighted by Crippen LogP contribution is 2.56. The van der Waals surface area contributed by atoms with Gasteiger partial charge in [-0.1, -0.05) is 47.5 Å². The molecule has 0 bridgehead atoms. The Balaban J connectivity index is 1.87. The minimum Gasteiger partial charge on any atom is -0.344 e. The van der Waals surface area contributed by atoms with Crippen molar-refractivity contribution in [2.75, 3.05) is 5.32 Å². The second-order valence-electron chi connectivity index (χ2n) is 7.96. The molecule has 1 spiro atoms. The molecule has 5 rings (SSSR count). The molecule has 2 N–H and O–H groups in total. The van der Waals surface area contributed by atoms with Gasteiger partial charge in [0, 0.05) is 21.8 Å². The number of aryl methyl sites for hydroxylation is 1. The van der Waals surface area contributed by atoms with Gasteiger partial charge in [-0.25, -0.2) is 4.39 Å². The largest absolute Gasteiger partial charge is 0.344 e. The van der Waals surface area contributed by atoms with Crippen LogP contribution in [0.5, 0.6) is 0 Å². The molecule has 0 radical (unpaired) electrons. The maximum absolute atomic E-state index is 14.3. The van der Waals surface area contributed by atoms with E-state index < -0.39 is 17.3 Å². The summed E-state index contributed by atoms with van der Waals surface area (Å²) in [7, 11) is 0. The van der Waals surface area contributed by atoms with Crippen molar-refractivity contribution < 1.29 is 14.0 Å². The molecule has 0 aromatic heterocycles. The Bertz CT molecular complexity index is 1340. The lowest BCUT2D eigenvalue weighted by atomic mass is 9.63. The maximum atomic E-state index is 14.3. The molecule has 160 valence electrons. The van der Waals surface area contributed by atoms with E-state index in [1.807, 2.05) is 6.92 Å². The van der Waals surface area contributed by atoms with Crippen LogP contribution in [0.2, 0.25) is 10.0 Å². The number of carbonyl (C=O) groups excluding carboxylic acids is 2. The van der Waals surface area contributed by atoms with E-state index in [1.54, 1.807) is 48.5 Å². The van der Waals surface area contributed by atoms with E-state index >= 15 is 0 Å². The second-order valence-corrected chi connectivity index (χ2v) is 8.84. The monoisotopic (exact) mass is 466 g/mol. The molecule has 0 aliphatic carbocycles. The molecule has 2 amide bonds. The van der Waals surface area contributed by atoms with Crippen molar-refractivity contribution in [3.8, 4) is 0 Å². The van der Waals surface area contributed by atoms with E-state index in [4.69, 9.17) is 23.2 Å². The van der Waals surface area contributed by atoms with Crippen LogP contribution in [0.4, 0.5) is 10.1 Å². The fourth-order valence-electron chi connectivity index (χ4n) is 4.75. The molecule has 1 unspecified atom stereocenters. The van der Waals surface area contributed by atoms with Crippen molar-refractivity contribution in [2.45, 2.75) is 18.4 Å². The number of hydrogen-bond donors (Lipinski definition) is 2. The molecule has 32 heavy (non-hydrogen) atoms. The summed E-state index contributed by atoms with van der Waals surface area (Å²) in [6.45, 7) is 1.82. The third-order valence-corrected chi connectivity index (χ3v) is 6.59. The Kier molecular flexibility index (Phi) is 4.84. The van der Waals surface area contributed by atoms with Gasteiger partial charge in [-0.05, 0) is 71.1 Å². The molecule has 0 fully saturated rings. The minimum absolute atomic E-state index is 0.338. The SMILES string of the molecule is Cc1ccc(F)cc1C1NC(=O)C=C(c2cccc(Cl)c2)[C@]12C(=O)Nc1cc(Cl)ccc12. The molecular formula is C25H17Cl2FN2O2. The first-order valence-electron chi connectivity index (χ1n) is 9.97. The van der Waals surface area contributed by atoms with Crippen LogP contribution >= 0.6 is 23.2 Å². The minimum atomic E-state index is -1.35. The van der Waals surface area contributed by atoms with Crippen LogP contribution in [0.25, 0.3) is 5.57 Å². The third kappa shape index (κ3) is 3.04. The normalized spacial score (nSPS) is 21.8. The molecule has 2 atom stereocenters. The Morgan fingerprint density at radius 3 is 2.53 bits per heavy atom. The van der Waals surface area contributed by atoms with E-state index in [-0.39, 0.29) is 11.8 Å². The zero-order chi connectivity index (χ0) is 22.6. The lowest BCUT2D eigenvalue weighted by Crippen LogP contribution is -2.52. The number of benzene rings is 3. The average Bonchev–Trinajstić information content (AvgIpc) is 3.02. The summed E-state index contributed by atoms with van der Waals surface area (Å²) in [4.78, 5) is 26.7. The van der Waals surface area contributed by atoms with Gasteiger partial charge < -0.3 is 10.6 Å². The third-order valence-electron chi connectivity index (χ3n) is 6.12. The molecule has 3 aromatic carbocycles. The number of rotatable bonds is 2. The fourth-order valence-corrected chi connectivity index (χ4v) is 5.12. The van der Waals surface area contributed by atoms with Crippen LogP contribution in [0.1, 0.15) is 28.3 Å². The maximum Gasteiger partial charge on any atom is 0.244 e. The zero-order valence-electron chi connectivity index (χ0n) is 16.9. The number of nitrogens with one attached hydrogen (secondary N) is 2. The van der Waals surface area contributed by atoms with Crippen LogP contribution in [0.3, 0.4) is 0 Å². The number of amides is 2. The number of hydrogen-bond acceptors (Lipinski definition) is 2. The Labute approximate surface area is 194 Å². The van der Waals surface area contributed by atoms with Gasteiger partial charge >= 0.3 is 0 Å². The Morgan fingerprint density at radius 2 is 1.75 bits per heavy atom. The zero-order valence-corrected chi connectivity index (χ0v) is 18.4. The van der Waals surface area contributed by atoms with Crippen LogP contribution in [0.15, 0.2) is 66.7 Å².